The van der Waals surface area contributed by atoms with E-state index >= 15 is 0 Å². The first-order valence-corrected chi connectivity index (χ1v) is 5.56. The highest BCUT2D eigenvalue weighted by Gasteiger charge is 2.46. The van der Waals surface area contributed by atoms with Crippen molar-refractivity contribution < 1.29 is 0 Å². The Morgan fingerprint density at radius 3 is 2.94 bits per heavy atom. The number of benzene rings is 1. The van der Waals surface area contributed by atoms with E-state index in [0.29, 0.717) is 11.5 Å². The summed E-state index contributed by atoms with van der Waals surface area (Å²) in [4.78, 5) is 7.72. The molecule has 1 unspecified atom stereocenters. The Balaban J connectivity index is 1.88. The lowest BCUT2D eigenvalue weighted by atomic mass is 10.2. The predicted molar refractivity (Wildman–Crippen MR) is 66.3 cm³/mol. The second-order valence-corrected chi connectivity index (χ2v) is 5.25. The van der Waals surface area contributed by atoms with Crippen LogP contribution in [-0.2, 0) is 0 Å². The third-order valence-corrected chi connectivity index (χ3v) is 3.33. The van der Waals surface area contributed by atoms with Gasteiger partial charge < -0.3 is 16.0 Å². The minimum absolute atomic E-state index is 0.401. The molecule has 1 aliphatic rings. The van der Waals surface area contributed by atoms with Crippen LogP contribution in [0.25, 0.3) is 11.0 Å². The molecule has 4 nitrogen and oxygen atoms in total. The monoisotopic (exact) mass is 216 g/mol. The van der Waals surface area contributed by atoms with Crippen LogP contribution in [0, 0.1) is 5.41 Å². The van der Waals surface area contributed by atoms with Crippen LogP contribution in [0.15, 0.2) is 18.2 Å². The van der Waals surface area contributed by atoms with E-state index in [1.165, 1.54) is 6.42 Å². The molecule has 0 amide bonds. The Hall–Kier alpha value is -1.71. The number of anilines is 2. The van der Waals surface area contributed by atoms with Crippen LogP contribution in [0.5, 0.6) is 0 Å². The van der Waals surface area contributed by atoms with Crippen molar-refractivity contribution in [3.8, 4) is 0 Å². The van der Waals surface area contributed by atoms with Crippen LogP contribution in [0.3, 0.4) is 0 Å². The molecule has 0 spiro atoms. The largest absolute Gasteiger partial charge is 0.399 e. The highest BCUT2D eigenvalue weighted by molar-refractivity contribution is 5.80. The summed E-state index contributed by atoms with van der Waals surface area (Å²) in [5.74, 6) is 0.844. The molecule has 3 rings (SSSR count). The topological polar surface area (TPSA) is 66.7 Å². The van der Waals surface area contributed by atoms with Crippen molar-refractivity contribution in [2.24, 2.45) is 5.41 Å². The summed E-state index contributed by atoms with van der Waals surface area (Å²) in [6.45, 7) is 4.51. The van der Waals surface area contributed by atoms with Crippen molar-refractivity contribution in [1.82, 2.24) is 9.97 Å². The first kappa shape index (κ1) is 9.51. The van der Waals surface area contributed by atoms with E-state index in [1.807, 2.05) is 18.2 Å². The molecular formula is C12H16N4. The molecule has 1 heterocycles. The van der Waals surface area contributed by atoms with Crippen molar-refractivity contribution in [2.45, 2.75) is 26.3 Å². The normalized spacial score (nSPS) is 22.2. The number of hydrogen-bond acceptors (Lipinski definition) is 3. The summed E-state index contributed by atoms with van der Waals surface area (Å²) in [6.07, 6.45) is 1.20. The fourth-order valence-electron chi connectivity index (χ4n) is 1.97. The fraction of sp³-hybridized carbons (Fsp3) is 0.417. The van der Waals surface area contributed by atoms with Crippen LogP contribution >= 0.6 is 0 Å². The molecule has 1 aliphatic carbocycles. The number of aromatic nitrogens is 2. The van der Waals surface area contributed by atoms with E-state index in [0.717, 1.165) is 22.7 Å². The molecule has 2 aromatic rings. The number of fused-ring (bicyclic) bond motifs is 1. The predicted octanol–water partition coefficient (Wildman–Crippen LogP) is 2.36. The number of imidazole rings is 1. The molecule has 1 saturated carbocycles. The van der Waals surface area contributed by atoms with Gasteiger partial charge in [0, 0.05) is 11.7 Å². The number of hydrogen-bond donors (Lipinski definition) is 3. The molecular weight excluding hydrogens is 200 g/mol. The van der Waals surface area contributed by atoms with Crippen LogP contribution in [0.1, 0.15) is 20.3 Å². The summed E-state index contributed by atoms with van der Waals surface area (Å²) in [5, 5.41) is 3.41. The van der Waals surface area contributed by atoms with Crippen LogP contribution in [0.4, 0.5) is 11.6 Å². The average Bonchev–Trinajstić information content (AvgIpc) is 2.64. The van der Waals surface area contributed by atoms with Gasteiger partial charge in [-0.15, -0.1) is 0 Å². The first-order valence-electron chi connectivity index (χ1n) is 5.56. The van der Waals surface area contributed by atoms with Crippen molar-refractivity contribution >= 4 is 22.7 Å². The smallest absolute Gasteiger partial charge is 0.201 e. The molecule has 1 aromatic carbocycles. The van der Waals surface area contributed by atoms with Crippen molar-refractivity contribution in [3.63, 3.8) is 0 Å². The van der Waals surface area contributed by atoms with Gasteiger partial charge in [0.25, 0.3) is 0 Å². The SMILES string of the molecule is CC1(C)CC1Nc1nc2ccc(N)cc2[nH]1. The Labute approximate surface area is 94.3 Å². The Morgan fingerprint density at radius 1 is 1.50 bits per heavy atom. The standard InChI is InChI=1S/C12H16N4/c1-12(2)6-10(12)16-11-14-8-4-3-7(13)5-9(8)15-11/h3-5,10H,6,13H2,1-2H3,(H2,14,15,16). The highest BCUT2D eigenvalue weighted by atomic mass is 15.2. The summed E-state index contributed by atoms with van der Waals surface area (Å²) in [5.41, 5.74) is 8.82. The van der Waals surface area contributed by atoms with Gasteiger partial charge in [-0.25, -0.2) is 4.98 Å². The number of nitrogens with two attached hydrogens (primary N) is 1. The highest BCUT2D eigenvalue weighted by Crippen LogP contribution is 2.46. The Morgan fingerprint density at radius 2 is 2.25 bits per heavy atom. The average molecular weight is 216 g/mol. The number of rotatable bonds is 2. The third-order valence-electron chi connectivity index (χ3n) is 3.33. The molecule has 16 heavy (non-hydrogen) atoms. The van der Waals surface area contributed by atoms with Crippen LogP contribution < -0.4 is 11.1 Å². The lowest BCUT2D eigenvalue weighted by molar-refractivity contribution is 0.629. The molecule has 1 fully saturated rings. The molecule has 0 radical (unpaired) electrons. The lowest BCUT2D eigenvalue weighted by Gasteiger charge is -2.03. The molecule has 0 aliphatic heterocycles. The molecule has 1 aromatic heterocycles. The van der Waals surface area contributed by atoms with Gasteiger partial charge in [-0.05, 0) is 30.0 Å². The number of nitrogen functional groups attached to an aromatic ring is 1. The van der Waals surface area contributed by atoms with E-state index < -0.39 is 0 Å². The quantitative estimate of drug-likeness (QED) is 0.675. The van der Waals surface area contributed by atoms with E-state index in [9.17, 15) is 0 Å². The summed E-state index contributed by atoms with van der Waals surface area (Å²) < 4.78 is 0. The van der Waals surface area contributed by atoms with Crippen LogP contribution in [0.2, 0.25) is 0 Å². The second-order valence-electron chi connectivity index (χ2n) is 5.25. The van der Waals surface area contributed by atoms with E-state index in [1.54, 1.807) is 0 Å². The van der Waals surface area contributed by atoms with E-state index in [2.05, 4.69) is 29.1 Å². The van der Waals surface area contributed by atoms with E-state index in [-0.39, 0.29) is 0 Å². The fourth-order valence-corrected chi connectivity index (χ4v) is 1.97. The van der Waals surface area contributed by atoms with Gasteiger partial charge in [-0.1, -0.05) is 13.8 Å². The van der Waals surface area contributed by atoms with Crippen molar-refractivity contribution in [1.29, 1.82) is 0 Å². The summed E-state index contributed by atoms with van der Waals surface area (Å²) >= 11 is 0. The number of nitrogens with one attached hydrogen (secondary N) is 2. The minimum atomic E-state index is 0.401. The van der Waals surface area contributed by atoms with Gasteiger partial charge in [0.2, 0.25) is 5.95 Å². The number of nitrogens with zero attached hydrogens (tertiary/aromatic N) is 1. The molecule has 4 N–H and O–H groups in total. The molecule has 0 bridgehead atoms. The molecule has 1 atom stereocenters. The van der Waals surface area contributed by atoms with Gasteiger partial charge in [0.15, 0.2) is 0 Å². The first-order chi connectivity index (χ1) is 7.54. The zero-order valence-electron chi connectivity index (χ0n) is 9.54. The zero-order chi connectivity index (χ0) is 11.3. The van der Waals surface area contributed by atoms with Gasteiger partial charge >= 0.3 is 0 Å². The Bertz CT molecular complexity index is 541. The maximum Gasteiger partial charge on any atom is 0.201 e. The van der Waals surface area contributed by atoms with Crippen molar-refractivity contribution in [2.75, 3.05) is 11.1 Å². The number of aromatic amines is 1. The van der Waals surface area contributed by atoms with Crippen molar-refractivity contribution in [3.05, 3.63) is 18.2 Å². The minimum Gasteiger partial charge on any atom is -0.399 e. The Kier molecular flexibility index (Phi) is 1.73. The third kappa shape index (κ3) is 1.50. The van der Waals surface area contributed by atoms with Crippen LogP contribution in [-0.4, -0.2) is 16.0 Å². The molecule has 84 valence electrons. The zero-order valence-corrected chi connectivity index (χ0v) is 9.54. The van der Waals surface area contributed by atoms with E-state index in [4.69, 9.17) is 5.73 Å². The second kappa shape index (κ2) is 2.90. The summed E-state index contributed by atoms with van der Waals surface area (Å²) in [6, 6.07) is 6.25. The number of H-pyrrole nitrogens is 1. The lowest BCUT2D eigenvalue weighted by Crippen LogP contribution is -2.09. The van der Waals surface area contributed by atoms with Gasteiger partial charge in [-0.3, -0.25) is 0 Å². The van der Waals surface area contributed by atoms with Gasteiger partial charge in [0.1, 0.15) is 0 Å². The molecule has 0 saturated heterocycles. The maximum atomic E-state index is 5.72. The molecule has 4 heteroatoms. The van der Waals surface area contributed by atoms with Gasteiger partial charge in [0.05, 0.1) is 11.0 Å². The summed E-state index contributed by atoms with van der Waals surface area (Å²) in [7, 11) is 0. The van der Waals surface area contributed by atoms with Gasteiger partial charge in [-0.2, -0.15) is 0 Å². The maximum absolute atomic E-state index is 5.72.